The monoisotopic (exact) mass is 357 g/mol. The van der Waals surface area contributed by atoms with E-state index >= 15 is 0 Å². The van der Waals surface area contributed by atoms with E-state index < -0.39 is 0 Å². The van der Waals surface area contributed by atoms with Crippen molar-refractivity contribution in [1.29, 1.82) is 5.26 Å². The molecule has 9 heteroatoms. The molecule has 0 aliphatic heterocycles. The summed E-state index contributed by atoms with van der Waals surface area (Å²) >= 11 is 2.40. The van der Waals surface area contributed by atoms with Crippen molar-refractivity contribution in [3.63, 3.8) is 0 Å². The number of H-pyrrole nitrogens is 1. The van der Waals surface area contributed by atoms with Crippen LogP contribution in [-0.4, -0.2) is 25.8 Å². The number of nitrogens with one attached hydrogen (secondary N) is 1. The van der Waals surface area contributed by atoms with Crippen molar-refractivity contribution in [3.05, 3.63) is 51.5 Å². The molecule has 4 N–H and O–H groups in total. The van der Waals surface area contributed by atoms with E-state index in [9.17, 15) is 15.2 Å². The zero-order valence-electron chi connectivity index (χ0n) is 12.2. The first-order chi connectivity index (χ1) is 11.6. The Balaban J connectivity index is 1.87. The van der Waals surface area contributed by atoms with Gasteiger partial charge in [-0.05, 0) is 12.1 Å². The number of thiazole rings is 1. The Morgan fingerprint density at radius 2 is 2.21 bits per heavy atom. The van der Waals surface area contributed by atoms with Crippen molar-refractivity contribution >= 4 is 44.7 Å². The molecule has 1 aromatic carbocycles. The van der Waals surface area contributed by atoms with Gasteiger partial charge in [0.05, 0.1) is 16.0 Å². The van der Waals surface area contributed by atoms with E-state index in [-0.39, 0.29) is 33.6 Å². The largest absolute Gasteiger partial charge is 0.510 e. The van der Waals surface area contributed by atoms with Gasteiger partial charge in [-0.25, -0.2) is 9.97 Å². The Morgan fingerprint density at radius 1 is 1.42 bits per heavy atom. The number of rotatable bonds is 4. The number of nitrogen functional groups attached to an aromatic ring is 1. The van der Waals surface area contributed by atoms with Crippen LogP contribution >= 0.6 is 23.1 Å². The molecule has 0 unspecified atom stereocenters. The first-order valence-corrected chi connectivity index (χ1v) is 8.55. The Morgan fingerprint density at radius 3 is 2.92 bits per heavy atom. The maximum absolute atomic E-state index is 11.3. The minimum absolute atomic E-state index is 0.0607. The van der Waals surface area contributed by atoms with Crippen molar-refractivity contribution in [3.8, 4) is 6.07 Å². The predicted octanol–water partition coefficient (Wildman–Crippen LogP) is 2.55. The lowest BCUT2D eigenvalue weighted by atomic mass is 10.2. The van der Waals surface area contributed by atoms with Gasteiger partial charge in [0.1, 0.15) is 28.2 Å². The lowest BCUT2D eigenvalue weighted by molar-refractivity contribution is 0.420. The summed E-state index contributed by atoms with van der Waals surface area (Å²) in [6.07, 6.45) is 0. The fourth-order valence-electron chi connectivity index (χ4n) is 1.95. The van der Waals surface area contributed by atoms with Crippen LogP contribution in [0.4, 0.5) is 5.82 Å². The normalized spacial score (nSPS) is 12.0. The summed E-state index contributed by atoms with van der Waals surface area (Å²) in [5, 5.41) is 20.3. The van der Waals surface area contributed by atoms with Crippen LogP contribution < -0.4 is 11.3 Å². The number of benzene rings is 1. The van der Waals surface area contributed by atoms with E-state index in [1.165, 1.54) is 17.4 Å². The number of nitrogens with two attached hydrogens (primary N) is 1. The van der Waals surface area contributed by atoms with Crippen molar-refractivity contribution < 1.29 is 5.11 Å². The van der Waals surface area contributed by atoms with Crippen LogP contribution in [0.5, 0.6) is 0 Å². The summed E-state index contributed by atoms with van der Waals surface area (Å²) in [7, 11) is 0. The van der Waals surface area contributed by atoms with Gasteiger partial charge in [0.2, 0.25) is 0 Å². The van der Waals surface area contributed by atoms with E-state index in [1.807, 2.05) is 30.3 Å². The summed E-state index contributed by atoms with van der Waals surface area (Å²) in [5.74, 6) is 0.0219. The van der Waals surface area contributed by atoms with Gasteiger partial charge in [0, 0.05) is 6.07 Å². The molecular formula is C15H11N5O2S2. The van der Waals surface area contributed by atoms with E-state index in [1.54, 1.807) is 0 Å². The van der Waals surface area contributed by atoms with Crippen LogP contribution in [-0.2, 0) is 0 Å². The highest BCUT2D eigenvalue weighted by atomic mass is 32.2. The number of nitriles is 1. The number of hydrogen-bond acceptors (Lipinski definition) is 8. The predicted molar refractivity (Wildman–Crippen MR) is 94.8 cm³/mol. The molecular weight excluding hydrogens is 346 g/mol. The Hall–Kier alpha value is -2.83. The van der Waals surface area contributed by atoms with Crippen LogP contribution in [0, 0.1) is 11.3 Å². The summed E-state index contributed by atoms with van der Waals surface area (Å²) in [6.45, 7) is 0. The van der Waals surface area contributed by atoms with E-state index in [0.29, 0.717) is 5.01 Å². The molecule has 0 atom stereocenters. The van der Waals surface area contributed by atoms with Gasteiger partial charge in [-0.2, -0.15) is 5.26 Å². The topological polar surface area (TPSA) is 129 Å². The van der Waals surface area contributed by atoms with Gasteiger partial charge in [0.15, 0.2) is 5.16 Å². The number of aliphatic hydroxyl groups is 1. The second-order valence-corrected chi connectivity index (χ2v) is 6.68. The number of allylic oxidation sites excluding steroid dienone is 1. The van der Waals surface area contributed by atoms with E-state index in [0.717, 1.165) is 22.0 Å². The zero-order valence-corrected chi connectivity index (χ0v) is 13.8. The summed E-state index contributed by atoms with van der Waals surface area (Å²) in [4.78, 5) is 22.2. The number of anilines is 1. The van der Waals surface area contributed by atoms with Gasteiger partial charge in [-0.3, -0.25) is 4.79 Å². The smallest absolute Gasteiger partial charge is 0.253 e. The first kappa shape index (κ1) is 16.0. The summed E-state index contributed by atoms with van der Waals surface area (Å²) in [5.41, 5.74) is 6.01. The molecule has 0 radical (unpaired) electrons. The van der Waals surface area contributed by atoms with Crippen LogP contribution in [0.15, 0.2) is 46.0 Å². The third kappa shape index (κ3) is 3.40. The van der Waals surface area contributed by atoms with Crippen LogP contribution in [0.2, 0.25) is 0 Å². The Kier molecular flexibility index (Phi) is 4.50. The molecule has 7 nitrogen and oxygen atoms in total. The Labute approximate surface area is 144 Å². The second kappa shape index (κ2) is 6.74. The van der Waals surface area contributed by atoms with Crippen LogP contribution in [0.25, 0.3) is 15.8 Å². The third-order valence-corrected chi connectivity index (χ3v) is 4.93. The molecule has 0 spiro atoms. The van der Waals surface area contributed by atoms with Crippen LogP contribution in [0.1, 0.15) is 5.01 Å². The van der Waals surface area contributed by atoms with Crippen molar-refractivity contribution in [2.75, 3.05) is 11.5 Å². The molecule has 0 fully saturated rings. The first-order valence-electron chi connectivity index (χ1n) is 6.74. The molecule has 0 bridgehead atoms. The number of hydrogen-bond donors (Lipinski definition) is 3. The molecule has 0 saturated carbocycles. The highest BCUT2D eigenvalue weighted by Crippen LogP contribution is 2.29. The highest BCUT2D eigenvalue weighted by Gasteiger charge is 2.14. The van der Waals surface area contributed by atoms with E-state index in [2.05, 4.69) is 15.0 Å². The molecule has 24 heavy (non-hydrogen) atoms. The summed E-state index contributed by atoms with van der Waals surface area (Å²) in [6, 6.07) is 10.6. The van der Waals surface area contributed by atoms with Crippen LogP contribution in [0.3, 0.4) is 0 Å². The van der Waals surface area contributed by atoms with Gasteiger partial charge in [-0.1, -0.05) is 23.9 Å². The molecule has 3 rings (SSSR count). The molecule has 0 amide bonds. The maximum atomic E-state index is 11.3. The quantitative estimate of drug-likeness (QED) is 0.283. The average molecular weight is 357 g/mol. The van der Waals surface area contributed by atoms with Gasteiger partial charge in [0.25, 0.3) is 5.56 Å². The number of aromatic amines is 1. The minimum atomic E-state index is -0.375. The standard InChI is InChI=1S/C15H11N5O2S2/c16-6-8(14-18-9-3-1-2-4-11(9)24-14)10(21)7-23-15-19-12(17)5-13(22)20-15/h1-5,21H,7H2,(H3,17,19,20,22)/b10-8-. The number of nitrogens with zero attached hydrogens (tertiary/aromatic N) is 3. The van der Waals surface area contributed by atoms with Gasteiger partial charge < -0.3 is 15.8 Å². The summed E-state index contributed by atoms with van der Waals surface area (Å²) < 4.78 is 0.933. The fourth-order valence-corrected chi connectivity index (χ4v) is 3.69. The maximum Gasteiger partial charge on any atom is 0.253 e. The lowest BCUT2D eigenvalue weighted by Crippen LogP contribution is -2.09. The highest BCUT2D eigenvalue weighted by molar-refractivity contribution is 7.99. The number of fused-ring (bicyclic) bond motifs is 1. The number of para-hydroxylation sites is 1. The fraction of sp³-hybridized carbons (Fsp3) is 0.0667. The third-order valence-electron chi connectivity index (χ3n) is 2.99. The number of aromatic nitrogens is 3. The van der Waals surface area contributed by atoms with Crippen molar-refractivity contribution in [2.24, 2.45) is 0 Å². The van der Waals surface area contributed by atoms with E-state index in [4.69, 9.17) is 5.73 Å². The minimum Gasteiger partial charge on any atom is -0.510 e. The average Bonchev–Trinajstić information content (AvgIpc) is 2.96. The number of thioether (sulfide) groups is 1. The van der Waals surface area contributed by atoms with Crippen molar-refractivity contribution in [1.82, 2.24) is 15.0 Å². The SMILES string of the molecule is N#C/C(=C(/O)CSc1nc(N)cc(=O)[nH]1)c1nc2ccccc2s1. The molecule has 3 aromatic rings. The molecule has 2 heterocycles. The second-order valence-electron chi connectivity index (χ2n) is 4.68. The van der Waals surface area contributed by atoms with Gasteiger partial charge in [-0.15, -0.1) is 11.3 Å². The number of aliphatic hydroxyl groups excluding tert-OH is 1. The molecule has 0 aliphatic carbocycles. The lowest BCUT2D eigenvalue weighted by Gasteiger charge is -2.02. The molecule has 120 valence electrons. The zero-order chi connectivity index (χ0) is 17.1. The molecule has 0 aliphatic rings. The molecule has 2 aromatic heterocycles. The van der Waals surface area contributed by atoms with Gasteiger partial charge >= 0.3 is 0 Å². The molecule has 0 saturated heterocycles. The Bertz CT molecular complexity index is 999. The van der Waals surface area contributed by atoms with Crippen molar-refractivity contribution in [2.45, 2.75) is 5.16 Å².